The molecule has 0 bridgehead atoms. The fourth-order valence-electron chi connectivity index (χ4n) is 5.39. The van der Waals surface area contributed by atoms with E-state index in [2.05, 4.69) is 142 Å². The summed E-state index contributed by atoms with van der Waals surface area (Å²) in [6, 6.07) is 0. The Morgan fingerprint density at radius 1 is 0.362 bits per heavy atom. The van der Waals surface area contributed by atoms with Crippen molar-refractivity contribution in [3.63, 3.8) is 0 Å². The molecule has 0 aliphatic rings. The van der Waals surface area contributed by atoms with Crippen LogP contribution < -0.4 is 0 Å². The molecule has 58 heavy (non-hydrogen) atoms. The van der Waals surface area contributed by atoms with Crippen molar-refractivity contribution in [3.8, 4) is 0 Å². The Hall–Kier alpha value is -4.19. The monoisotopic (exact) mass is 801 g/mol. The van der Waals surface area contributed by atoms with Crippen LogP contribution in [0.4, 0.5) is 0 Å². The number of hydrogen-bond donors (Lipinski definition) is 0. The van der Waals surface area contributed by atoms with Gasteiger partial charge in [0.1, 0.15) is 13.2 Å². The highest BCUT2D eigenvalue weighted by atomic mass is 16.6. The molecule has 0 amide bonds. The maximum Gasteiger partial charge on any atom is 0.306 e. The van der Waals surface area contributed by atoms with Crippen LogP contribution in [-0.4, -0.2) is 37.2 Å². The van der Waals surface area contributed by atoms with Crippen molar-refractivity contribution < 1.29 is 28.6 Å². The van der Waals surface area contributed by atoms with E-state index < -0.39 is 12.1 Å². The quantitative estimate of drug-likeness (QED) is 0.0268. The predicted octanol–water partition coefficient (Wildman–Crippen LogP) is 14.6. The third-order valence-electron chi connectivity index (χ3n) is 8.71. The molecule has 0 radical (unpaired) electrons. The van der Waals surface area contributed by atoms with Gasteiger partial charge in [-0.15, -0.1) is 0 Å². The van der Waals surface area contributed by atoms with Gasteiger partial charge in [-0.3, -0.25) is 14.4 Å². The summed E-state index contributed by atoms with van der Waals surface area (Å²) in [4.78, 5) is 37.5. The minimum Gasteiger partial charge on any atom is -0.462 e. The largest absolute Gasteiger partial charge is 0.462 e. The second-order valence-corrected chi connectivity index (χ2v) is 14.2. The van der Waals surface area contributed by atoms with Crippen molar-refractivity contribution in [2.75, 3.05) is 13.2 Å². The second kappa shape index (κ2) is 45.5. The highest BCUT2D eigenvalue weighted by Crippen LogP contribution is 2.10. The Morgan fingerprint density at radius 2 is 0.672 bits per heavy atom. The number of allylic oxidation sites excluding steroid dienone is 20. The first kappa shape index (κ1) is 53.8. The van der Waals surface area contributed by atoms with Gasteiger partial charge in [0.2, 0.25) is 0 Å². The summed E-state index contributed by atoms with van der Waals surface area (Å²) >= 11 is 0. The van der Waals surface area contributed by atoms with Crippen LogP contribution in [0.2, 0.25) is 0 Å². The summed E-state index contributed by atoms with van der Waals surface area (Å²) in [5.41, 5.74) is 0. The number of ether oxygens (including phenoxy) is 3. The van der Waals surface area contributed by atoms with Gasteiger partial charge < -0.3 is 14.2 Å². The van der Waals surface area contributed by atoms with E-state index in [1.807, 2.05) is 0 Å². The molecule has 0 N–H and O–H groups in total. The van der Waals surface area contributed by atoms with Crippen LogP contribution in [0.25, 0.3) is 0 Å². The summed E-state index contributed by atoms with van der Waals surface area (Å²) < 4.78 is 16.5. The number of rotatable bonds is 38. The summed E-state index contributed by atoms with van der Waals surface area (Å²) in [6.45, 7) is 6.21. The Morgan fingerprint density at radius 3 is 1.05 bits per heavy atom. The molecule has 6 heteroatoms. The minimum atomic E-state index is -0.829. The topological polar surface area (TPSA) is 78.9 Å². The molecule has 0 heterocycles. The Labute approximate surface area is 354 Å². The van der Waals surface area contributed by atoms with Crippen LogP contribution >= 0.6 is 0 Å². The first-order chi connectivity index (χ1) is 28.5. The lowest BCUT2D eigenvalue weighted by Gasteiger charge is -2.18. The Balaban J connectivity index is 4.50. The molecule has 0 aromatic carbocycles. The smallest absolute Gasteiger partial charge is 0.306 e. The molecule has 0 aromatic heterocycles. The SMILES string of the molecule is CC/C=C\C/C=C\C/C=C\C/C=C\C/C=C\CCCC(=O)OCC(COC(=O)CCCCCCCC)OC(=O)CCC/C=C\C/C=C\C/C=C\C/C=C\C/C=C\CC. The molecule has 0 aliphatic carbocycles. The van der Waals surface area contributed by atoms with E-state index in [4.69, 9.17) is 14.2 Å². The standard InChI is InChI=1S/C52H80O6/c1-4-7-10-13-16-18-20-22-24-26-28-30-32-34-36-39-42-45-51(54)57-48-49(47-56-50(53)44-41-38-15-12-9-6-3)58-52(55)46-43-40-37-35-33-31-29-27-25-23-21-19-17-14-11-8-5-2/h7-8,10-11,16-19,22-25,28-31,34-37,49H,4-6,9,12-15,20-21,26-27,32-33,38-48H2,1-3H3/b10-7-,11-8-,18-16-,19-17-,24-22-,25-23-,30-28-,31-29-,36-34-,37-35-. The Bertz CT molecular complexity index is 1290. The lowest BCUT2D eigenvalue weighted by molar-refractivity contribution is -0.167. The molecule has 0 rings (SSSR count). The van der Waals surface area contributed by atoms with Crippen molar-refractivity contribution in [1.82, 2.24) is 0 Å². The lowest BCUT2D eigenvalue weighted by atomic mass is 10.1. The van der Waals surface area contributed by atoms with Crippen LogP contribution in [0.5, 0.6) is 0 Å². The van der Waals surface area contributed by atoms with Crippen molar-refractivity contribution in [2.24, 2.45) is 0 Å². The summed E-state index contributed by atoms with van der Waals surface area (Å²) in [7, 11) is 0. The summed E-state index contributed by atoms with van der Waals surface area (Å²) in [5, 5.41) is 0. The van der Waals surface area contributed by atoms with Gasteiger partial charge in [0.25, 0.3) is 0 Å². The van der Waals surface area contributed by atoms with E-state index in [1.165, 1.54) is 19.3 Å². The summed E-state index contributed by atoms with van der Waals surface area (Å²) in [5.74, 6) is -1.07. The maximum absolute atomic E-state index is 12.7. The molecule has 0 spiro atoms. The van der Waals surface area contributed by atoms with Gasteiger partial charge in [-0.05, 0) is 96.3 Å². The Kier molecular flexibility index (Phi) is 42.2. The minimum absolute atomic E-state index is 0.123. The molecular weight excluding hydrogens is 721 g/mol. The van der Waals surface area contributed by atoms with E-state index in [9.17, 15) is 14.4 Å². The first-order valence-electron chi connectivity index (χ1n) is 22.5. The molecule has 1 unspecified atom stereocenters. The number of esters is 3. The normalized spacial score (nSPS) is 13.2. The van der Waals surface area contributed by atoms with Gasteiger partial charge in [0.05, 0.1) is 0 Å². The zero-order chi connectivity index (χ0) is 42.3. The van der Waals surface area contributed by atoms with Crippen LogP contribution in [0, 0.1) is 0 Å². The highest BCUT2D eigenvalue weighted by molar-refractivity contribution is 5.71. The molecule has 324 valence electrons. The lowest BCUT2D eigenvalue weighted by Crippen LogP contribution is -2.30. The third-order valence-corrected chi connectivity index (χ3v) is 8.71. The molecule has 1 atom stereocenters. The third kappa shape index (κ3) is 42.9. The van der Waals surface area contributed by atoms with Crippen molar-refractivity contribution in [1.29, 1.82) is 0 Å². The van der Waals surface area contributed by atoms with E-state index in [0.717, 1.165) is 96.3 Å². The zero-order valence-electron chi connectivity index (χ0n) is 36.8. The second-order valence-electron chi connectivity index (χ2n) is 14.2. The van der Waals surface area contributed by atoms with Crippen LogP contribution in [0.15, 0.2) is 122 Å². The van der Waals surface area contributed by atoms with Gasteiger partial charge in [-0.1, -0.05) is 174 Å². The van der Waals surface area contributed by atoms with Crippen LogP contribution in [0.1, 0.15) is 168 Å². The van der Waals surface area contributed by atoms with Gasteiger partial charge in [0.15, 0.2) is 6.10 Å². The summed E-state index contributed by atoms with van der Waals surface area (Å²) in [6.07, 6.45) is 62.1. The number of unbranched alkanes of at least 4 members (excludes halogenated alkanes) is 7. The van der Waals surface area contributed by atoms with Crippen molar-refractivity contribution in [2.45, 2.75) is 175 Å². The van der Waals surface area contributed by atoms with Gasteiger partial charge in [0, 0.05) is 19.3 Å². The molecule has 6 nitrogen and oxygen atoms in total. The van der Waals surface area contributed by atoms with Crippen molar-refractivity contribution in [3.05, 3.63) is 122 Å². The van der Waals surface area contributed by atoms with Gasteiger partial charge >= 0.3 is 17.9 Å². The molecule has 0 saturated carbocycles. The van der Waals surface area contributed by atoms with Crippen LogP contribution in [-0.2, 0) is 28.6 Å². The van der Waals surface area contributed by atoms with E-state index in [0.29, 0.717) is 19.3 Å². The van der Waals surface area contributed by atoms with Crippen molar-refractivity contribution >= 4 is 17.9 Å². The first-order valence-corrected chi connectivity index (χ1v) is 22.5. The van der Waals surface area contributed by atoms with E-state index in [-0.39, 0.29) is 38.0 Å². The number of hydrogen-bond acceptors (Lipinski definition) is 6. The van der Waals surface area contributed by atoms with Gasteiger partial charge in [-0.25, -0.2) is 0 Å². The molecule has 0 fully saturated rings. The van der Waals surface area contributed by atoms with Gasteiger partial charge in [-0.2, -0.15) is 0 Å². The maximum atomic E-state index is 12.7. The van der Waals surface area contributed by atoms with E-state index >= 15 is 0 Å². The average Bonchev–Trinajstić information content (AvgIpc) is 3.22. The zero-order valence-corrected chi connectivity index (χ0v) is 36.8. The number of carbonyl (C=O) groups is 3. The molecule has 0 aliphatic heterocycles. The fraction of sp³-hybridized carbons (Fsp3) is 0.558. The molecule has 0 aromatic rings. The fourth-order valence-corrected chi connectivity index (χ4v) is 5.39. The highest BCUT2D eigenvalue weighted by Gasteiger charge is 2.19. The van der Waals surface area contributed by atoms with E-state index in [1.54, 1.807) is 0 Å². The number of carbonyl (C=O) groups excluding carboxylic acids is 3. The molecular formula is C52H80O6. The predicted molar refractivity (Wildman–Crippen MR) is 246 cm³/mol. The average molecular weight is 801 g/mol. The molecule has 0 saturated heterocycles. The van der Waals surface area contributed by atoms with Crippen LogP contribution in [0.3, 0.4) is 0 Å².